The molecule has 2 heterocycles. The van der Waals surface area contributed by atoms with E-state index < -0.39 is 5.97 Å². The predicted octanol–water partition coefficient (Wildman–Crippen LogP) is 0.931. The number of ether oxygens (including phenoxy) is 1. The number of aromatic nitrogens is 2. The fourth-order valence-corrected chi connectivity index (χ4v) is 1.70. The summed E-state index contributed by atoms with van der Waals surface area (Å²) in [4.78, 5) is 17.8. The third-order valence-corrected chi connectivity index (χ3v) is 2.57. The second kappa shape index (κ2) is 4.44. The molecule has 0 amide bonds. The molecule has 2 rings (SSSR count). The monoisotopic (exact) mass is 210 g/mol. The predicted molar refractivity (Wildman–Crippen MR) is 52.7 cm³/mol. The number of carboxylic acid groups (broad SMARTS) is 1. The number of nitrogens with zero attached hydrogens (tertiary/aromatic N) is 1. The molecule has 0 saturated carbocycles. The number of carboxylic acids is 1. The molecule has 0 aliphatic carbocycles. The van der Waals surface area contributed by atoms with Gasteiger partial charge in [0, 0.05) is 24.4 Å². The molecule has 2 N–H and O–H groups in total. The first-order chi connectivity index (χ1) is 7.25. The van der Waals surface area contributed by atoms with Gasteiger partial charge in [0.2, 0.25) is 0 Å². The largest absolute Gasteiger partial charge is 0.481 e. The number of nitrogens with one attached hydrogen (secondary N) is 1. The van der Waals surface area contributed by atoms with Gasteiger partial charge in [-0.25, -0.2) is 4.98 Å². The van der Waals surface area contributed by atoms with Gasteiger partial charge in [-0.1, -0.05) is 0 Å². The quantitative estimate of drug-likeness (QED) is 0.775. The fourth-order valence-electron chi connectivity index (χ4n) is 1.70. The first kappa shape index (κ1) is 10.2. The lowest BCUT2D eigenvalue weighted by Gasteiger charge is -2.01. The van der Waals surface area contributed by atoms with E-state index in [1.165, 1.54) is 0 Å². The minimum absolute atomic E-state index is 0.142. The summed E-state index contributed by atoms with van der Waals surface area (Å²) in [6, 6.07) is 0. The van der Waals surface area contributed by atoms with E-state index in [1.807, 2.05) is 0 Å². The SMILES string of the molecule is O=C(O)CCc1cnc(C2CCOC2)[nH]1. The second-order valence-electron chi connectivity index (χ2n) is 3.75. The van der Waals surface area contributed by atoms with Gasteiger partial charge in [-0.2, -0.15) is 0 Å². The lowest BCUT2D eigenvalue weighted by atomic mass is 10.1. The van der Waals surface area contributed by atoms with Crippen molar-refractivity contribution in [3.8, 4) is 0 Å². The molecule has 15 heavy (non-hydrogen) atoms. The maximum atomic E-state index is 10.4. The van der Waals surface area contributed by atoms with Crippen LogP contribution in [0.15, 0.2) is 6.20 Å². The Hall–Kier alpha value is -1.36. The summed E-state index contributed by atoms with van der Waals surface area (Å²) in [7, 11) is 0. The van der Waals surface area contributed by atoms with Crippen LogP contribution in [-0.2, 0) is 16.0 Å². The Kier molecular flexibility index (Phi) is 3.01. The standard InChI is InChI=1S/C10H14N2O3/c13-9(14)2-1-8-5-11-10(12-8)7-3-4-15-6-7/h5,7H,1-4,6H2,(H,11,12)(H,13,14). The van der Waals surface area contributed by atoms with Crippen LogP contribution in [0.4, 0.5) is 0 Å². The number of hydrogen-bond acceptors (Lipinski definition) is 3. The van der Waals surface area contributed by atoms with Gasteiger partial charge in [0.25, 0.3) is 0 Å². The van der Waals surface area contributed by atoms with Gasteiger partial charge in [-0.15, -0.1) is 0 Å². The van der Waals surface area contributed by atoms with Crippen LogP contribution < -0.4 is 0 Å². The summed E-state index contributed by atoms with van der Waals surface area (Å²) >= 11 is 0. The first-order valence-corrected chi connectivity index (χ1v) is 5.09. The van der Waals surface area contributed by atoms with Crippen molar-refractivity contribution in [2.75, 3.05) is 13.2 Å². The van der Waals surface area contributed by atoms with E-state index in [1.54, 1.807) is 6.20 Å². The van der Waals surface area contributed by atoms with Gasteiger partial charge in [0.05, 0.1) is 13.0 Å². The summed E-state index contributed by atoms with van der Waals surface area (Å²) < 4.78 is 5.26. The van der Waals surface area contributed by atoms with Crippen LogP contribution in [0.2, 0.25) is 0 Å². The van der Waals surface area contributed by atoms with Crippen molar-refractivity contribution in [2.24, 2.45) is 0 Å². The van der Waals surface area contributed by atoms with Crippen LogP contribution >= 0.6 is 0 Å². The number of aryl methyl sites for hydroxylation is 1. The van der Waals surface area contributed by atoms with Gasteiger partial charge in [0.1, 0.15) is 5.82 Å². The number of imidazole rings is 1. The molecule has 1 saturated heterocycles. The average Bonchev–Trinajstić information content (AvgIpc) is 2.85. The zero-order valence-electron chi connectivity index (χ0n) is 8.40. The van der Waals surface area contributed by atoms with Gasteiger partial charge < -0.3 is 14.8 Å². The van der Waals surface area contributed by atoms with Gasteiger partial charge >= 0.3 is 5.97 Å². The Morgan fingerprint density at radius 1 is 1.73 bits per heavy atom. The van der Waals surface area contributed by atoms with E-state index in [-0.39, 0.29) is 6.42 Å². The van der Waals surface area contributed by atoms with E-state index in [4.69, 9.17) is 9.84 Å². The van der Waals surface area contributed by atoms with E-state index >= 15 is 0 Å². The molecular formula is C10H14N2O3. The smallest absolute Gasteiger partial charge is 0.303 e. The van der Waals surface area contributed by atoms with Crippen LogP contribution in [0.5, 0.6) is 0 Å². The molecule has 1 fully saturated rings. The molecule has 0 bridgehead atoms. The van der Waals surface area contributed by atoms with E-state index in [0.29, 0.717) is 18.9 Å². The maximum Gasteiger partial charge on any atom is 0.303 e. The summed E-state index contributed by atoms with van der Waals surface area (Å²) in [5, 5.41) is 8.54. The van der Waals surface area contributed by atoms with Crippen LogP contribution in [0.1, 0.15) is 30.3 Å². The van der Waals surface area contributed by atoms with Crippen molar-refractivity contribution in [3.05, 3.63) is 17.7 Å². The Morgan fingerprint density at radius 2 is 2.60 bits per heavy atom. The minimum atomic E-state index is -0.782. The van der Waals surface area contributed by atoms with Crippen molar-refractivity contribution >= 4 is 5.97 Å². The van der Waals surface area contributed by atoms with Crippen LogP contribution in [0, 0.1) is 0 Å². The van der Waals surface area contributed by atoms with Crippen molar-refractivity contribution in [2.45, 2.75) is 25.2 Å². The molecule has 5 nitrogen and oxygen atoms in total. The summed E-state index contributed by atoms with van der Waals surface area (Å²) in [6.45, 7) is 1.50. The number of aromatic amines is 1. The highest BCUT2D eigenvalue weighted by Crippen LogP contribution is 2.22. The third kappa shape index (κ3) is 2.56. The zero-order valence-corrected chi connectivity index (χ0v) is 8.40. The van der Waals surface area contributed by atoms with E-state index in [2.05, 4.69) is 9.97 Å². The minimum Gasteiger partial charge on any atom is -0.481 e. The van der Waals surface area contributed by atoms with Crippen molar-refractivity contribution in [1.82, 2.24) is 9.97 Å². The van der Waals surface area contributed by atoms with Gasteiger partial charge in [0.15, 0.2) is 0 Å². The lowest BCUT2D eigenvalue weighted by molar-refractivity contribution is -0.136. The number of carbonyl (C=O) groups is 1. The Bertz CT molecular complexity index is 342. The first-order valence-electron chi connectivity index (χ1n) is 5.09. The lowest BCUT2D eigenvalue weighted by Crippen LogP contribution is -2.01. The van der Waals surface area contributed by atoms with Crippen LogP contribution in [-0.4, -0.2) is 34.3 Å². The Morgan fingerprint density at radius 3 is 3.27 bits per heavy atom. The summed E-state index contributed by atoms with van der Waals surface area (Å²) in [5.41, 5.74) is 0.888. The maximum absolute atomic E-state index is 10.4. The molecule has 1 aliphatic heterocycles. The van der Waals surface area contributed by atoms with E-state index in [0.717, 1.165) is 24.5 Å². The molecule has 1 unspecified atom stereocenters. The third-order valence-electron chi connectivity index (χ3n) is 2.57. The van der Waals surface area contributed by atoms with Crippen molar-refractivity contribution < 1.29 is 14.6 Å². The molecular weight excluding hydrogens is 196 g/mol. The molecule has 5 heteroatoms. The second-order valence-corrected chi connectivity index (χ2v) is 3.75. The number of rotatable bonds is 4. The number of hydrogen-bond donors (Lipinski definition) is 2. The Labute approximate surface area is 87.5 Å². The molecule has 0 radical (unpaired) electrons. The van der Waals surface area contributed by atoms with Crippen molar-refractivity contribution in [3.63, 3.8) is 0 Å². The molecule has 1 aromatic heterocycles. The van der Waals surface area contributed by atoms with Crippen molar-refractivity contribution in [1.29, 1.82) is 0 Å². The topological polar surface area (TPSA) is 75.2 Å². The van der Waals surface area contributed by atoms with Gasteiger partial charge in [-0.05, 0) is 12.8 Å². The number of H-pyrrole nitrogens is 1. The highest BCUT2D eigenvalue weighted by Gasteiger charge is 2.20. The fraction of sp³-hybridized carbons (Fsp3) is 0.600. The molecule has 1 atom stereocenters. The Balaban J connectivity index is 1.94. The molecule has 0 aromatic carbocycles. The van der Waals surface area contributed by atoms with Crippen LogP contribution in [0.25, 0.3) is 0 Å². The number of aliphatic carboxylic acids is 1. The zero-order chi connectivity index (χ0) is 10.7. The summed E-state index contributed by atoms with van der Waals surface area (Å²) in [6.07, 6.45) is 3.36. The molecule has 1 aliphatic rings. The molecule has 1 aromatic rings. The van der Waals surface area contributed by atoms with Crippen LogP contribution in [0.3, 0.4) is 0 Å². The molecule has 0 spiro atoms. The summed E-state index contributed by atoms with van der Waals surface area (Å²) in [5.74, 6) is 0.492. The highest BCUT2D eigenvalue weighted by atomic mass is 16.5. The normalized spacial score (nSPS) is 20.7. The molecule has 82 valence electrons. The average molecular weight is 210 g/mol. The highest BCUT2D eigenvalue weighted by molar-refractivity contribution is 5.66. The van der Waals surface area contributed by atoms with E-state index in [9.17, 15) is 4.79 Å². The van der Waals surface area contributed by atoms with Gasteiger partial charge in [-0.3, -0.25) is 4.79 Å².